The lowest BCUT2D eigenvalue weighted by atomic mass is 9.78. The molecule has 2 aliphatic rings. The summed E-state index contributed by atoms with van der Waals surface area (Å²) in [6.07, 6.45) is 7.18. The Balaban J connectivity index is 1.43. The maximum atomic E-state index is 12.4. The summed E-state index contributed by atoms with van der Waals surface area (Å²) in [7, 11) is 0. The van der Waals surface area contributed by atoms with Gasteiger partial charge in [0, 0.05) is 44.6 Å². The molecule has 6 nitrogen and oxygen atoms in total. The van der Waals surface area contributed by atoms with Gasteiger partial charge in [-0.2, -0.15) is 0 Å². The average molecular weight is 331 g/mol. The quantitative estimate of drug-likeness (QED) is 0.907. The van der Waals surface area contributed by atoms with Gasteiger partial charge in [0.25, 0.3) is 0 Å². The van der Waals surface area contributed by atoms with Crippen LogP contribution in [0.1, 0.15) is 33.1 Å². The molecule has 1 aromatic rings. The van der Waals surface area contributed by atoms with E-state index in [4.69, 9.17) is 0 Å². The Morgan fingerprint density at radius 2 is 1.88 bits per heavy atom. The van der Waals surface area contributed by atoms with Crippen molar-refractivity contribution in [2.75, 3.05) is 37.6 Å². The topological polar surface area (TPSA) is 61.4 Å². The number of hydrogen-bond donors (Lipinski definition) is 1. The Kier molecular flexibility index (Phi) is 5.66. The van der Waals surface area contributed by atoms with E-state index in [9.17, 15) is 4.79 Å². The first-order chi connectivity index (χ1) is 11.6. The number of nitrogens with one attached hydrogen (secondary N) is 1. The molecule has 132 valence electrons. The van der Waals surface area contributed by atoms with Crippen molar-refractivity contribution < 1.29 is 4.79 Å². The molecule has 3 rings (SSSR count). The van der Waals surface area contributed by atoms with E-state index in [0.717, 1.165) is 38.5 Å². The molecule has 1 aliphatic heterocycles. The van der Waals surface area contributed by atoms with E-state index in [1.807, 2.05) is 6.07 Å². The monoisotopic (exact) mass is 331 g/mol. The fourth-order valence-corrected chi connectivity index (χ4v) is 3.80. The number of carbonyl (C=O) groups excluding carboxylic acids is 1. The molecule has 0 unspecified atom stereocenters. The fraction of sp³-hybridized carbons (Fsp3) is 0.722. The van der Waals surface area contributed by atoms with Gasteiger partial charge in [0.1, 0.15) is 0 Å². The van der Waals surface area contributed by atoms with Gasteiger partial charge in [-0.25, -0.2) is 9.97 Å². The van der Waals surface area contributed by atoms with Gasteiger partial charge in [-0.1, -0.05) is 26.7 Å². The molecule has 2 fully saturated rings. The SMILES string of the molecule is C[C@H]1[C@H](C)CCC[C@@H]1NC(=O)CN1CCN(c2ncccn2)CC1. The second-order valence-electron chi connectivity index (χ2n) is 7.25. The molecule has 0 radical (unpaired) electrons. The number of amides is 1. The molecular formula is C18H29N5O. The first kappa shape index (κ1) is 17.1. The molecule has 1 saturated carbocycles. The van der Waals surface area contributed by atoms with Crippen LogP contribution in [0.25, 0.3) is 0 Å². The number of anilines is 1. The zero-order valence-electron chi connectivity index (χ0n) is 14.8. The summed E-state index contributed by atoms with van der Waals surface area (Å²) in [4.78, 5) is 25.4. The van der Waals surface area contributed by atoms with Crippen molar-refractivity contribution in [2.45, 2.75) is 39.2 Å². The van der Waals surface area contributed by atoms with E-state index in [0.29, 0.717) is 24.4 Å². The molecule has 1 amide bonds. The van der Waals surface area contributed by atoms with Gasteiger partial charge in [0.2, 0.25) is 11.9 Å². The van der Waals surface area contributed by atoms with Crippen molar-refractivity contribution in [3.05, 3.63) is 18.5 Å². The van der Waals surface area contributed by atoms with E-state index in [2.05, 4.69) is 38.9 Å². The number of nitrogens with zero attached hydrogens (tertiary/aromatic N) is 4. The number of carbonyl (C=O) groups is 1. The largest absolute Gasteiger partial charge is 0.352 e. The van der Waals surface area contributed by atoms with Crippen molar-refractivity contribution in [1.29, 1.82) is 0 Å². The maximum absolute atomic E-state index is 12.4. The predicted octanol–water partition coefficient (Wildman–Crippen LogP) is 1.54. The van der Waals surface area contributed by atoms with Crippen LogP contribution in [-0.4, -0.2) is 59.5 Å². The summed E-state index contributed by atoms with van der Waals surface area (Å²) >= 11 is 0. The van der Waals surface area contributed by atoms with Crippen molar-refractivity contribution in [3.63, 3.8) is 0 Å². The molecule has 1 aliphatic carbocycles. The molecular weight excluding hydrogens is 302 g/mol. The van der Waals surface area contributed by atoms with Gasteiger partial charge in [0.05, 0.1) is 6.54 Å². The summed E-state index contributed by atoms with van der Waals surface area (Å²) < 4.78 is 0. The summed E-state index contributed by atoms with van der Waals surface area (Å²) in [5, 5.41) is 3.27. The van der Waals surface area contributed by atoms with E-state index in [-0.39, 0.29) is 5.91 Å². The standard InChI is InChI=1S/C18H29N5O/c1-14-5-3-6-16(15(14)2)21-17(24)13-22-9-11-23(12-10-22)18-19-7-4-8-20-18/h4,7-8,14-16H,3,5-6,9-13H2,1-2H3,(H,21,24)/t14-,15+,16+/m1/s1. The third-order valence-corrected chi connectivity index (χ3v) is 5.63. The second kappa shape index (κ2) is 7.92. The van der Waals surface area contributed by atoms with Gasteiger partial charge >= 0.3 is 0 Å². The van der Waals surface area contributed by atoms with E-state index in [1.54, 1.807) is 12.4 Å². The smallest absolute Gasteiger partial charge is 0.234 e. The van der Waals surface area contributed by atoms with Gasteiger partial charge < -0.3 is 10.2 Å². The Morgan fingerprint density at radius 1 is 1.17 bits per heavy atom. The normalized spacial score (nSPS) is 28.6. The third kappa shape index (κ3) is 4.23. The van der Waals surface area contributed by atoms with Crippen molar-refractivity contribution in [2.24, 2.45) is 11.8 Å². The Hall–Kier alpha value is -1.69. The highest BCUT2D eigenvalue weighted by Gasteiger charge is 2.29. The zero-order chi connectivity index (χ0) is 16.9. The molecule has 0 spiro atoms. The van der Waals surface area contributed by atoms with Gasteiger partial charge in [-0.3, -0.25) is 9.69 Å². The van der Waals surface area contributed by atoms with Crippen LogP contribution in [0.2, 0.25) is 0 Å². The minimum absolute atomic E-state index is 0.172. The van der Waals surface area contributed by atoms with Crippen molar-refractivity contribution >= 4 is 11.9 Å². The molecule has 3 atom stereocenters. The highest BCUT2D eigenvalue weighted by Crippen LogP contribution is 2.29. The van der Waals surface area contributed by atoms with E-state index in [1.165, 1.54) is 12.8 Å². The molecule has 1 saturated heterocycles. The summed E-state index contributed by atoms with van der Waals surface area (Å²) in [5.74, 6) is 2.24. The van der Waals surface area contributed by atoms with Crippen LogP contribution in [0.3, 0.4) is 0 Å². The van der Waals surface area contributed by atoms with Crippen LogP contribution in [-0.2, 0) is 4.79 Å². The van der Waals surface area contributed by atoms with Crippen LogP contribution in [0.15, 0.2) is 18.5 Å². The molecule has 24 heavy (non-hydrogen) atoms. The lowest BCUT2D eigenvalue weighted by Crippen LogP contribution is -2.52. The van der Waals surface area contributed by atoms with E-state index >= 15 is 0 Å². The lowest BCUT2D eigenvalue weighted by molar-refractivity contribution is -0.123. The average Bonchev–Trinajstić information content (AvgIpc) is 2.60. The molecule has 0 aromatic carbocycles. The Labute approximate surface area is 144 Å². The molecule has 2 heterocycles. The summed E-state index contributed by atoms with van der Waals surface area (Å²) in [5.41, 5.74) is 0. The van der Waals surface area contributed by atoms with Crippen LogP contribution >= 0.6 is 0 Å². The summed E-state index contributed by atoms with van der Waals surface area (Å²) in [6.45, 7) is 8.56. The van der Waals surface area contributed by atoms with Gasteiger partial charge in [-0.05, 0) is 24.3 Å². The number of hydrogen-bond acceptors (Lipinski definition) is 5. The molecule has 1 aromatic heterocycles. The first-order valence-electron chi connectivity index (χ1n) is 9.17. The van der Waals surface area contributed by atoms with Crippen LogP contribution in [0, 0.1) is 11.8 Å². The maximum Gasteiger partial charge on any atom is 0.234 e. The highest BCUT2D eigenvalue weighted by atomic mass is 16.2. The van der Waals surface area contributed by atoms with Crippen LogP contribution < -0.4 is 10.2 Å². The molecule has 1 N–H and O–H groups in total. The van der Waals surface area contributed by atoms with Crippen LogP contribution in [0.4, 0.5) is 5.95 Å². The Morgan fingerprint density at radius 3 is 2.58 bits per heavy atom. The third-order valence-electron chi connectivity index (χ3n) is 5.63. The lowest BCUT2D eigenvalue weighted by Gasteiger charge is -2.36. The van der Waals surface area contributed by atoms with Crippen molar-refractivity contribution in [3.8, 4) is 0 Å². The first-order valence-corrected chi connectivity index (χ1v) is 9.17. The molecule has 0 bridgehead atoms. The Bertz CT molecular complexity index is 529. The predicted molar refractivity (Wildman–Crippen MR) is 94.8 cm³/mol. The number of aromatic nitrogens is 2. The van der Waals surface area contributed by atoms with E-state index < -0.39 is 0 Å². The fourth-order valence-electron chi connectivity index (χ4n) is 3.80. The van der Waals surface area contributed by atoms with Crippen LogP contribution in [0.5, 0.6) is 0 Å². The number of piperazine rings is 1. The zero-order valence-corrected chi connectivity index (χ0v) is 14.8. The minimum Gasteiger partial charge on any atom is -0.352 e. The van der Waals surface area contributed by atoms with Gasteiger partial charge in [0.15, 0.2) is 0 Å². The number of rotatable bonds is 4. The second-order valence-corrected chi connectivity index (χ2v) is 7.25. The molecule has 6 heteroatoms. The minimum atomic E-state index is 0.172. The van der Waals surface area contributed by atoms with Crippen molar-refractivity contribution in [1.82, 2.24) is 20.2 Å². The highest BCUT2D eigenvalue weighted by molar-refractivity contribution is 5.78. The summed E-state index contributed by atoms with van der Waals surface area (Å²) in [6, 6.07) is 2.18. The van der Waals surface area contributed by atoms with Gasteiger partial charge in [-0.15, -0.1) is 0 Å².